The fourth-order valence-electron chi connectivity index (χ4n) is 11.4. The molecule has 480 valence electrons. The first-order chi connectivity index (χ1) is 38.8. The SMILES string of the molecule is CC[C@H]1NC(=O)[C@@H]([C@@H]2OCC[C@H]2C)N(C)C(=O)[C@@H](C(C)C)N(C)C(=O)[C@@H](CC(C)C)N(C)C(=O)[C@@H](CC(C)C)N(C)C(=O)[C@H](C)CC(=O)[C@@H](C)NC(=O)[C@@H](CC(C)C)N(C)C(=O)[C@@H](C(C)C)NC(=O)[C@H](CC(C)C)N(C)C(=O)[C@@H](C)N(C)C1=O. The summed E-state index contributed by atoms with van der Waals surface area (Å²) in [6.07, 6.45) is 0.312. The molecule has 0 saturated carbocycles. The molecule has 0 aromatic heterocycles. The van der Waals surface area contributed by atoms with Crippen LogP contribution in [0.15, 0.2) is 0 Å². The van der Waals surface area contributed by atoms with Crippen LogP contribution in [-0.2, 0) is 57.5 Å². The maximum absolute atomic E-state index is 15.2. The molecule has 13 atom stereocenters. The monoisotopic (exact) mass is 1190 g/mol. The van der Waals surface area contributed by atoms with Gasteiger partial charge in [0.2, 0.25) is 59.1 Å². The van der Waals surface area contributed by atoms with E-state index >= 15 is 9.59 Å². The molecule has 2 fully saturated rings. The summed E-state index contributed by atoms with van der Waals surface area (Å²) in [6, 6.07) is -11.5. The first-order valence-corrected chi connectivity index (χ1v) is 30.7. The number of carbonyl (C=O) groups excluding carboxylic acids is 11. The zero-order valence-electron chi connectivity index (χ0n) is 55.7. The van der Waals surface area contributed by atoms with Crippen molar-refractivity contribution >= 4 is 64.9 Å². The van der Waals surface area contributed by atoms with Crippen molar-refractivity contribution < 1.29 is 57.5 Å². The number of ether oxygens (including phenoxy) is 1. The Kier molecular flexibility index (Phi) is 29.0. The average Bonchev–Trinajstić information content (AvgIpc) is 2.83. The van der Waals surface area contributed by atoms with Crippen LogP contribution in [0.2, 0.25) is 0 Å². The summed E-state index contributed by atoms with van der Waals surface area (Å²) < 4.78 is 6.18. The van der Waals surface area contributed by atoms with Crippen molar-refractivity contribution in [3.63, 3.8) is 0 Å². The second kappa shape index (κ2) is 32.7. The van der Waals surface area contributed by atoms with Crippen LogP contribution in [0.5, 0.6) is 0 Å². The minimum atomic E-state index is -1.29. The molecule has 0 aromatic carbocycles. The van der Waals surface area contributed by atoms with E-state index in [1.54, 1.807) is 41.5 Å². The lowest BCUT2D eigenvalue weighted by Gasteiger charge is -2.41. The van der Waals surface area contributed by atoms with Gasteiger partial charge in [0, 0.05) is 68.3 Å². The topological polar surface area (TPSA) is 256 Å². The largest absolute Gasteiger partial charge is 0.375 e. The molecule has 2 saturated heterocycles. The zero-order valence-corrected chi connectivity index (χ0v) is 55.7. The number of nitrogens with zero attached hydrogens (tertiary/aromatic N) is 7. The summed E-state index contributed by atoms with van der Waals surface area (Å²) in [5.41, 5.74) is 0. The number of likely N-dealkylation sites (N-methyl/N-ethyl adjacent to an activating group) is 7. The maximum atomic E-state index is 15.2. The molecule has 0 aliphatic carbocycles. The third-order valence-electron chi connectivity index (χ3n) is 17.0. The van der Waals surface area contributed by atoms with Crippen LogP contribution in [0.1, 0.15) is 163 Å². The molecule has 10 amide bonds. The predicted molar refractivity (Wildman–Crippen MR) is 323 cm³/mol. The highest BCUT2D eigenvalue weighted by Crippen LogP contribution is 2.29. The maximum Gasteiger partial charge on any atom is 0.246 e. The van der Waals surface area contributed by atoms with Gasteiger partial charge in [0.05, 0.1) is 12.1 Å². The fraction of sp³-hybridized carbons (Fsp3) is 0.823. The quantitative estimate of drug-likeness (QED) is 0.249. The van der Waals surface area contributed by atoms with E-state index in [1.807, 2.05) is 62.3 Å². The van der Waals surface area contributed by atoms with Crippen LogP contribution in [0.3, 0.4) is 0 Å². The Hall–Kier alpha value is -5.67. The highest BCUT2D eigenvalue weighted by molar-refractivity contribution is 6.00. The molecule has 2 heterocycles. The van der Waals surface area contributed by atoms with E-state index in [-0.39, 0.29) is 68.1 Å². The number of hydrogen-bond donors (Lipinski definition) is 3. The van der Waals surface area contributed by atoms with Crippen molar-refractivity contribution in [3.05, 3.63) is 0 Å². The Balaban J connectivity index is 2.95. The van der Waals surface area contributed by atoms with Gasteiger partial charge in [-0.15, -0.1) is 0 Å². The van der Waals surface area contributed by atoms with Gasteiger partial charge in [0.15, 0.2) is 5.78 Å². The third-order valence-corrected chi connectivity index (χ3v) is 17.0. The van der Waals surface area contributed by atoms with Crippen molar-refractivity contribution in [1.29, 1.82) is 0 Å². The molecule has 0 unspecified atom stereocenters. The van der Waals surface area contributed by atoms with Crippen LogP contribution in [0.4, 0.5) is 0 Å². The highest BCUT2D eigenvalue weighted by atomic mass is 16.5. The molecule has 0 aromatic rings. The number of nitrogens with one attached hydrogen (secondary N) is 3. The zero-order chi connectivity index (χ0) is 64.8. The molecule has 0 bridgehead atoms. The van der Waals surface area contributed by atoms with E-state index in [4.69, 9.17) is 4.74 Å². The average molecular weight is 1190 g/mol. The van der Waals surface area contributed by atoms with Gasteiger partial charge < -0.3 is 55.0 Å². The van der Waals surface area contributed by atoms with Crippen molar-refractivity contribution in [2.24, 2.45) is 47.3 Å². The first kappa shape index (κ1) is 74.4. The summed E-state index contributed by atoms with van der Waals surface area (Å²) in [5.74, 6) is -9.03. The first-order valence-electron chi connectivity index (χ1n) is 30.7. The van der Waals surface area contributed by atoms with E-state index in [1.165, 1.54) is 97.5 Å². The van der Waals surface area contributed by atoms with Gasteiger partial charge in [-0.2, -0.15) is 0 Å². The standard InChI is InChI=1S/C62H110N10O12/c1-25-43-58(79)66(18)42(17)57(78)67(19)45(29-34(4)5)54(75)65-49(37(10)11)61(82)68(20)44(28-33(2)3)53(74)63-41(16)48(73)32-40(15)56(77)69(21)46(30-35(6)7)59(80)70(22)47(31-36(8)9)60(81)71(23)50(38(12)13)62(83)72(24)51(55(76)64-43)52-39(14)26-27-84-52/h33-47,49-52H,25-32H2,1-24H3,(H,63,74)(H,64,76)(H,65,75)/t39-,40-,41-,42-,43-,44-,45+,46-,47-,49-,50-,51-,52-/m1/s1. The molecule has 0 radical (unpaired) electrons. The van der Waals surface area contributed by atoms with Gasteiger partial charge in [-0.3, -0.25) is 52.7 Å². The number of Topliss-reactive ketones (excluding diaryl/α,β-unsaturated/α-hetero) is 1. The number of amides is 10. The summed E-state index contributed by atoms with van der Waals surface area (Å²) in [5, 5.41) is 8.54. The van der Waals surface area contributed by atoms with Gasteiger partial charge in [-0.05, 0) is 93.8 Å². The van der Waals surface area contributed by atoms with Gasteiger partial charge in [0.25, 0.3) is 0 Å². The third kappa shape index (κ3) is 19.2. The van der Waals surface area contributed by atoms with Gasteiger partial charge in [-0.25, -0.2) is 0 Å². The van der Waals surface area contributed by atoms with E-state index in [2.05, 4.69) is 16.0 Å². The molecule has 84 heavy (non-hydrogen) atoms. The number of carbonyl (C=O) groups is 11. The van der Waals surface area contributed by atoms with Crippen molar-refractivity contribution in [1.82, 2.24) is 50.2 Å². The van der Waals surface area contributed by atoms with Crippen LogP contribution < -0.4 is 16.0 Å². The summed E-state index contributed by atoms with van der Waals surface area (Å²) in [6.45, 7) is 30.7. The summed E-state index contributed by atoms with van der Waals surface area (Å²) >= 11 is 0. The minimum Gasteiger partial charge on any atom is -0.375 e. The molecule has 0 spiro atoms. The molecule has 22 heteroatoms. The molecule has 2 rings (SSSR count). The Morgan fingerprint density at radius 3 is 1.31 bits per heavy atom. The fourth-order valence-corrected chi connectivity index (χ4v) is 11.4. The number of hydrogen-bond acceptors (Lipinski definition) is 12. The number of ketones is 1. The molecule has 3 N–H and O–H groups in total. The lowest BCUT2D eigenvalue weighted by Crippen LogP contribution is -2.63. The lowest BCUT2D eigenvalue weighted by atomic mass is 9.93. The Labute approximate surface area is 503 Å². The van der Waals surface area contributed by atoms with Crippen molar-refractivity contribution in [3.8, 4) is 0 Å². The Bertz CT molecular complexity index is 2310. The molecule has 2 aliphatic rings. The van der Waals surface area contributed by atoms with Gasteiger partial charge in [-0.1, -0.05) is 104 Å². The van der Waals surface area contributed by atoms with Gasteiger partial charge >= 0.3 is 0 Å². The molecule has 2 aliphatic heterocycles. The second-order valence-electron chi connectivity index (χ2n) is 26.6. The van der Waals surface area contributed by atoms with E-state index in [0.29, 0.717) is 13.0 Å². The predicted octanol–water partition coefficient (Wildman–Crippen LogP) is 4.21. The van der Waals surface area contributed by atoms with Crippen LogP contribution in [0, 0.1) is 47.3 Å². The normalized spacial score (nSPS) is 29.9. The lowest BCUT2D eigenvalue weighted by molar-refractivity contribution is -0.157. The highest BCUT2D eigenvalue weighted by Gasteiger charge is 2.47. The van der Waals surface area contributed by atoms with E-state index in [9.17, 15) is 43.2 Å². The Morgan fingerprint density at radius 2 is 0.881 bits per heavy atom. The second-order valence-corrected chi connectivity index (χ2v) is 26.6. The summed E-state index contributed by atoms with van der Waals surface area (Å²) in [4.78, 5) is 170. The van der Waals surface area contributed by atoms with E-state index < -0.39 is 149 Å². The van der Waals surface area contributed by atoms with E-state index in [0.717, 1.165) is 0 Å². The minimum absolute atomic E-state index is 0.0851. The molecule has 22 nitrogen and oxygen atoms in total. The molecular formula is C62H110N10O12. The van der Waals surface area contributed by atoms with Crippen LogP contribution in [0.25, 0.3) is 0 Å². The molecular weight excluding hydrogens is 1080 g/mol. The van der Waals surface area contributed by atoms with Crippen molar-refractivity contribution in [2.75, 3.05) is 55.9 Å². The summed E-state index contributed by atoms with van der Waals surface area (Å²) in [7, 11) is 10.3. The number of rotatable bonds is 12. The van der Waals surface area contributed by atoms with Crippen LogP contribution >= 0.6 is 0 Å². The van der Waals surface area contributed by atoms with Gasteiger partial charge in [0.1, 0.15) is 54.4 Å². The van der Waals surface area contributed by atoms with Crippen molar-refractivity contribution in [2.45, 2.75) is 229 Å². The smallest absolute Gasteiger partial charge is 0.246 e. The Morgan fingerprint density at radius 1 is 0.452 bits per heavy atom. The van der Waals surface area contributed by atoms with Crippen LogP contribution in [-0.4, -0.2) is 222 Å².